The topological polar surface area (TPSA) is 61.8 Å². The minimum atomic E-state index is 0. The van der Waals surface area contributed by atoms with Crippen LogP contribution in [-0.2, 0) is 11.3 Å². The van der Waals surface area contributed by atoms with Crippen molar-refractivity contribution in [3.8, 4) is 0 Å². The Morgan fingerprint density at radius 2 is 1.90 bits per heavy atom. The highest BCUT2D eigenvalue weighted by Crippen LogP contribution is 2.51. The molecular formula is C22H30IN5OS. The Kier molecular flexibility index (Phi) is 8.64. The molecule has 0 radical (unpaired) electrons. The van der Waals surface area contributed by atoms with Gasteiger partial charge in [-0.1, -0.05) is 24.3 Å². The van der Waals surface area contributed by atoms with E-state index in [9.17, 15) is 0 Å². The van der Waals surface area contributed by atoms with Crippen LogP contribution < -0.4 is 15.5 Å². The number of benzene rings is 1. The molecule has 8 heteroatoms. The maximum atomic E-state index is 5.47. The molecule has 30 heavy (non-hydrogen) atoms. The van der Waals surface area contributed by atoms with Crippen LogP contribution in [0.15, 0.2) is 58.5 Å². The standard InChI is InChI=1S/C22H29N5OS.HI/c1-23-21(26-17-22(9-10-22)29-19-7-3-2-4-8-19)25-16-18-6-5-11-24-20(18)27-12-14-28-15-13-27;/h2-8,11H,9-10,12-17H2,1H3,(H2,23,25,26);1H. The zero-order valence-electron chi connectivity index (χ0n) is 17.3. The highest BCUT2D eigenvalue weighted by atomic mass is 127. The van der Waals surface area contributed by atoms with Gasteiger partial charge in [0.2, 0.25) is 0 Å². The molecule has 1 aliphatic heterocycles. The Morgan fingerprint density at radius 3 is 2.60 bits per heavy atom. The van der Waals surface area contributed by atoms with E-state index in [2.05, 4.69) is 61.9 Å². The van der Waals surface area contributed by atoms with Gasteiger partial charge in [-0.05, 0) is 31.0 Å². The molecule has 0 bridgehead atoms. The van der Waals surface area contributed by atoms with Gasteiger partial charge >= 0.3 is 0 Å². The minimum Gasteiger partial charge on any atom is -0.378 e. The van der Waals surface area contributed by atoms with Crippen molar-refractivity contribution >= 4 is 47.5 Å². The lowest BCUT2D eigenvalue weighted by Crippen LogP contribution is -2.41. The molecule has 2 heterocycles. The quantitative estimate of drug-likeness (QED) is 0.319. The molecule has 2 aromatic rings. The number of aromatic nitrogens is 1. The van der Waals surface area contributed by atoms with E-state index < -0.39 is 0 Å². The van der Waals surface area contributed by atoms with Gasteiger partial charge in [0.05, 0.1) is 13.2 Å². The number of hydrogen-bond donors (Lipinski definition) is 2. The Labute approximate surface area is 200 Å². The zero-order chi connectivity index (χ0) is 19.9. The Balaban J connectivity index is 0.00000256. The van der Waals surface area contributed by atoms with Gasteiger partial charge in [0.1, 0.15) is 5.82 Å². The summed E-state index contributed by atoms with van der Waals surface area (Å²) in [5, 5.41) is 6.99. The molecule has 6 nitrogen and oxygen atoms in total. The summed E-state index contributed by atoms with van der Waals surface area (Å²) in [5.41, 5.74) is 1.18. The number of morpholine rings is 1. The number of guanidine groups is 1. The van der Waals surface area contributed by atoms with Crippen molar-refractivity contribution in [2.75, 3.05) is 44.8 Å². The fourth-order valence-corrected chi connectivity index (χ4v) is 4.71. The van der Waals surface area contributed by atoms with Crippen molar-refractivity contribution in [1.82, 2.24) is 15.6 Å². The smallest absolute Gasteiger partial charge is 0.191 e. The molecule has 1 aromatic carbocycles. The van der Waals surface area contributed by atoms with Gasteiger partial charge in [0, 0.05) is 54.6 Å². The number of nitrogens with zero attached hydrogens (tertiary/aromatic N) is 3. The molecular weight excluding hydrogens is 509 g/mol. The van der Waals surface area contributed by atoms with Crippen LogP contribution in [0.4, 0.5) is 5.82 Å². The molecule has 0 unspecified atom stereocenters. The number of halogens is 1. The summed E-state index contributed by atoms with van der Waals surface area (Å²) in [6.45, 7) is 4.89. The van der Waals surface area contributed by atoms with Crippen LogP contribution in [0.5, 0.6) is 0 Å². The molecule has 0 spiro atoms. The first-order chi connectivity index (χ1) is 14.3. The molecule has 0 amide bonds. The molecule has 2 fully saturated rings. The molecule has 2 N–H and O–H groups in total. The van der Waals surface area contributed by atoms with Gasteiger partial charge in [-0.25, -0.2) is 4.98 Å². The molecule has 2 aliphatic rings. The van der Waals surface area contributed by atoms with Gasteiger partial charge in [-0.15, -0.1) is 35.7 Å². The van der Waals surface area contributed by atoms with Gasteiger partial charge < -0.3 is 20.3 Å². The Morgan fingerprint density at radius 1 is 1.13 bits per heavy atom. The van der Waals surface area contributed by atoms with Gasteiger partial charge in [-0.3, -0.25) is 4.99 Å². The maximum Gasteiger partial charge on any atom is 0.191 e. The molecule has 1 saturated heterocycles. The third-order valence-corrected chi connectivity index (χ3v) is 6.80. The number of nitrogens with one attached hydrogen (secondary N) is 2. The fourth-order valence-electron chi connectivity index (χ4n) is 3.47. The molecule has 4 rings (SSSR count). The zero-order valence-corrected chi connectivity index (χ0v) is 20.5. The van der Waals surface area contributed by atoms with E-state index in [-0.39, 0.29) is 28.7 Å². The number of aliphatic imine (C=N–C) groups is 1. The van der Waals surface area contributed by atoms with Crippen LogP contribution in [0.2, 0.25) is 0 Å². The first-order valence-electron chi connectivity index (χ1n) is 10.2. The van der Waals surface area contributed by atoms with Crippen LogP contribution in [0, 0.1) is 0 Å². The first kappa shape index (κ1) is 23.1. The minimum absolute atomic E-state index is 0. The van der Waals surface area contributed by atoms with Crippen molar-refractivity contribution in [1.29, 1.82) is 0 Å². The van der Waals surface area contributed by atoms with Crippen LogP contribution in [0.1, 0.15) is 18.4 Å². The third-order valence-electron chi connectivity index (χ3n) is 5.31. The molecule has 1 aliphatic carbocycles. The predicted octanol–water partition coefficient (Wildman–Crippen LogP) is 3.53. The van der Waals surface area contributed by atoms with E-state index in [0.717, 1.165) is 44.6 Å². The van der Waals surface area contributed by atoms with Crippen LogP contribution in [0.25, 0.3) is 0 Å². The lowest BCUT2D eigenvalue weighted by atomic mass is 10.2. The molecule has 162 valence electrons. The van der Waals surface area contributed by atoms with E-state index in [4.69, 9.17) is 4.74 Å². The summed E-state index contributed by atoms with van der Waals surface area (Å²) < 4.78 is 5.76. The van der Waals surface area contributed by atoms with Crippen LogP contribution >= 0.6 is 35.7 Å². The summed E-state index contributed by atoms with van der Waals surface area (Å²) in [4.78, 5) is 12.7. The van der Waals surface area contributed by atoms with E-state index in [1.165, 1.54) is 23.3 Å². The van der Waals surface area contributed by atoms with Crippen molar-refractivity contribution in [3.63, 3.8) is 0 Å². The van der Waals surface area contributed by atoms with Crippen LogP contribution in [-0.4, -0.2) is 55.6 Å². The molecule has 0 atom stereocenters. The van der Waals surface area contributed by atoms with Gasteiger partial charge in [0.25, 0.3) is 0 Å². The number of thioether (sulfide) groups is 1. The molecule has 1 aromatic heterocycles. The largest absolute Gasteiger partial charge is 0.378 e. The van der Waals surface area contributed by atoms with E-state index in [0.29, 0.717) is 6.54 Å². The SMILES string of the molecule is CN=C(NCc1cccnc1N1CCOCC1)NCC1(Sc2ccccc2)CC1.I. The van der Waals surface area contributed by atoms with Gasteiger partial charge in [0.15, 0.2) is 5.96 Å². The van der Waals surface area contributed by atoms with Crippen molar-refractivity contribution < 1.29 is 4.74 Å². The summed E-state index contributed by atoms with van der Waals surface area (Å²) in [6, 6.07) is 14.8. The summed E-state index contributed by atoms with van der Waals surface area (Å²) in [5.74, 6) is 1.87. The lowest BCUT2D eigenvalue weighted by molar-refractivity contribution is 0.122. The highest BCUT2D eigenvalue weighted by Gasteiger charge is 2.43. The number of anilines is 1. The Bertz CT molecular complexity index is 825. The second kappa shape index (κ2) is 11.2. The number of rotatable bonds is 7. The average molecular weight is 539 g/mol. The normalized spacial score (nSPS) is 17.8. The van der Waals surface area contributed by atoms with Gasteiger partial charge in [-0.2, -0.15) is 0 Å². The van der Waals surface area contributed by atoms with Crippen molar-refractivity contribution in [3.05, 3.63) is 54.2 Å². The van der Waals surface area contributed by atoms with E-state index in [1.54, 1.807) is 0 Å². The monoisotopic (exact) mass is 539 g/mol. The first-order valence-corrected chi connectivity index (χ1v) is 11.0. The number of ether oxygens (including phenoxy) is 1. The second-order valence-corrected chi connectivity index (χ2v) is 9.00. The predicted molar refractivity (Wildman–Crippen MR) is 135 cm³/mol. The van der Waals surface area contributed by atoms with Crippen molar-refractivity contribution in [2.24, 2.45) is 4.99 Å². The van der Waals surface area contributed by atoms with E-state index in [1.807, 2.05) is 31.1 Å². The Hall–Kier alpha value is -1.52. The summed E-state index contributed by atoms with van der Waals surface area (Å²) in [6.07, 6.45) is 4.33. The van der Waals surface area contributed by atoms with E-state index >= 15 is 0 Å². The summed E-state index contributed by atoms with van der Waals surface area (Å²) >= 11 is 1.97. The molecule has 1 saturated carbocycles. The fraction of sp³-hybridized carbons (Fsp3) is 0.455. The van der Waals surface area contributed by atoms with Crippen molar-refractivity contribution in [2.45, 2.75) is 29.0 Å². The lowest BCUT2D eigenvalue weighted by Gasteiger charge is -2.29. The van der Waals surface area contributed by atoms with Crippen LogP contribution in [0.3, 0.4) is 0 Å². The maximum absolute atomic E-state index is 5.47. The average Bonchev–Trinajstić information content (AvgIpc) is 3.55. The second-order valence-electron chi connectivity index (χ2n) is 7.46. The number of hydrogen-bond acceptors (Lipinski definition) is 5. The third kappa shape index (κ3) is 6.24. The summed E-state index contributed by atoms with van der Waals surface area (Å²) in [7, 11) is 1.82. The highest BCUT2D eigenvalue weighted by molar-refractivity contribution is 14.0. The number of pyridine rings is 1.